The lowest BCUT2D eigenvalue weighted by molar-refractivity contribution is -0.140. The maximum atomic E-state index is 13.0. The van der Waals surface area contributed by atoms with Crippen molar-refractivity contribution >= 4 is 5.78 Å². The highest BCUT2D eigenvalue weighted by molar-refractivity contribution is 5.99. The van der Waals surface area contributed by atoms with E-state index in [4.69, 9.17) is 9.47 Å². The van der Waals surface area contributed by atoms with Gasteiger partial charge in [-0.25, -0.2) is 0 Å². The van der Waals surface area contributed by atoms with E-state index in [9.17, 15) is 18.0 Å². The van der Waals surface area contributed by atoms with Gasteiger partial charge in [0, 0.05) is 0 Å². The molecular formula is C12H13F3O3. The summed E-state index contributed by atoms with van der Waals surface area (Å²) in [5.41, 5.74) is -0.766. The fourth-order valence-electron chi connectivity index (χ4n) is 1.83. The van der Waals surface area contributed by atoms with E-state index in [1.54, 1.807) is 0 Å². The van der Waals surface area contributed by atoms with Crippen LogP contribution in [-0.4, -0.2) is 20.0 Å². The molecule has 0 radical (unpaired) electrons. The zero-order valence-corrected chi connectivity index (χ0v) is 10.4. The Labute approximate surface area is 103 Å². The topological polar surface area (TPSA) is 35.5 Å². The van der Waals surface area contributed by atoms with E-state index < -0.39 is 23.3 Å². The van der Waals surface area contributed by atoms with Gasteiger partial charge >= 0.3 is 6.18 Å². The molecule has 100 valence electrons. The molecule has 0 aliphatic rings. The average Bonchev–Trinajstić information content (AvgIpc) is 2.24. The fourth-order valence-corrected chi connectivity index (χ4v) is 1.83. The lowest BCUT2D eigenvalue weighted by Gasteiger charge is -2.19. The first-order valence-corrected chi connectivity index (χ1v) is 5.07. The van der Waals surface area contributed by atoms with E-state index in [0.717, 1.165) is 14.2 Å². The molecule has 0 fully saturated rings. The van der Waals surface area contributed by atoms with E-state index in [1.807, 2.05) is 0 Å². The molecule has 0 spiro atoms. The molecule has 1 aromatic carbocycles. The number of methoxy groups -OCH3 is 2. The Hall–Kier alpha value is -1.72. The first-order chi connectivity index (χ1) is 8.23. The van der Waals surface area contributed by atoms with Crippen molar-refractivity contribution in [1.29, 1.82) is 0 Å². The van der Waals surface area contributed by atoms with E-state index in [0.29, 0.717) is 5.56 Å². The van der Waals surface area contributed by atoms with Crippen molar-refractivity contribution in [3.8, 4) is 11.5 Å². The highest BCUT2D eigenvalue weighted by Gasteiger charge is 2.40. The van der Waals surface area contributed by atoms with Crippen molar-refractivity contribution in [1.82, 2.24) is 0 Å². The predicted octanol–water partition coefficient (Wildman–Crippen LogP) is 3.23. The number of carbonyl (C=O) groups is 1. The molecule has 0 aliphatic carbocycles. The number of rotatable bonds is 3. The Bertz CT molecular complexity index is 478. The Morgan fingerprint density at radius 1 is 1.22 bits per heavy atom. The number of aryl methyl sites for hydroxylation is 1. The molecule has 0 bridgehead atoms. The first-order valence-electron chi connectivity index (χ1n) is 5.07. The SMILES string of the molecule is COc1cc(C)c(C(C)=O)c(OC)c1C(F)(F)F. The molecule has 0 saturated carbocycles. The zero-order valence-electron chi connectivity index (χ0n) is 10.4. The average molecular weight is 262 g/mol. The molecule has 3 nitrogen and oxygen atoms in total. The van der Waals surface area contributed by atoms with Crippen LogP contribution in [0.2, 0.25) is 0 Å². The monoisotopic (exact) mass is 262 g/mol. The summed E-state index contributed by atoms with van der Waals surface area (Å²) in [5, 5.41) is 0. The number of alkyl halides is 3. The number of ketones is 1. The summed E-state index contributed by atoms with van der Waals surface area (Å²) >= 11 is 0. The highest BCUT2D eigenvalue weighted by atomic mass is 19.4. The second-order valence-corrected chi connectivity index (χ2v) is 3.73. The van der Waals surface area contributed by atoms with Crippen LogP contribution in [0.5, 0.6) is 11.5 Å². The Balaban J connectivity index is 3.76. The Morgan fingerprint density at radius 2 is 1.78 bits per heavy atom. The number of Topliss-reactive ketones (excluding diaryl/α,β-unsaturated/α-hetero) is 1. The first kappa shape index (κ1) is 14.3. The molecular weight excluding hydrogens is 249 g/mol. The Kier molecular flexibility index (Phi) is 3.88. The molecule has 1 aromatic rings. The largest absolute Gasteiger partial charge is 0.496 e. The molecule has 0 aliphatic heterocycles. The van der Waals surface area contributed by atoms with Crippen LogP contribution < -0.4 is 9.47 Å². The third kappa shape index (κ3) is 2.42. The van der Waals surface area contributed by atoms with Gasteiger partial charge < -0.3 is 9.47 Å². The molecule has 0 N–H and O–H groups in total. The summed E-state index contributed by atoms with van der Waals surface area (Å²) in [7, 11) is 2.23. The van der Waals surface area contributed by atoms with Crippen LogP contribution in [0, 0.1) is 6.92 Å². The second kappa shape index (κ2) is 4.88. The smallest absolute Gasteiger partial charge is 0.423 e. The number of halogens is 3. The van der Waals surface area contributed by atoms with Gasteiger partial charge in [0.25, 0.3) is 0 Å². The molecule has 6 heteroatoms. The minimum Gasteiger partial charge on any atom is -0.496 e. The lowest BCUT2D eigenvalue weighted by Crippen LogP contribution is -2.14. The van der Waals surface area contributed by atoms with Crippen LogP contribution in [0.1, 0.15) is 28.4 Å². The molecule has 0 amide bonds. The zero-order chi connectivity index (χ0) is 14.1. The van der Waals surface area contributed by atoms with Crippen molar-refractivity contribution in [2.75, 3.05) is 14.2 Å². The number of benzene rings is 1. The lowest BCUT2D eigenvalue weighted by atomic mass is 9.98. The molecule has 0 atom stereocenters. The molecule has 0 unspecified atom stereocenters. The van der Waals surface area contributed by atoms with Crippen LogP contribution in [0.25, 0.3) is 0 Å². The van der Waals surface area contributed by atoms with E-state index in [2.05, 4.69) is 0 Å². The quantitative estimate of drug-likeness (QED) is 0.784. The van der Waals surface area contributed by atoms with Crippen LogP contribution >= 0.6 is 0 Å². The number of hydrogen-bond donors (Lipinski definition) is 0. The second-order valence-electron chi connectivity index (χ2n) is 3.73. The minimum absolute atomic E-state index is 0.0781. The van der Waals surface area contributed by atoms with Gasteiger partial charge in [0.1, 0.15) is 17.1 Å². The van der Waals surface area contributed by atoms with Gasteiger partial charge in [-0.15, -0.1) is 0 Å². The molecule has 0 saturated heterocycles. The van der Waals surface area contributed by atoms with E-state index >= 15 is 0 Å². The summed E-state index contributed by atoms with van der Waals surface area (Å²) in [4.78, 5) is 11.4. The summed E-state index contributed by atoms with van der Waals surface area (Å²) in [6.07, 6.45) is -4.66. The van der Waals surface area contributed by atoms with Crippen molar-refractivity contribution in [3.05, 3.63) is 22.8 Å². The number of carbonyl (C=O) groups excluding carboxylic acids is 1. The highest BCUT2D eigenvalue weighted by Crippen LogP contribution is 2.45. The minimum atomic E-state index is -4.66. The summed E-state index contributed by atoms with van der Waals surface area (Å²) in [5.74, 6) is -1.34. The normalized spacial score (nSPS) is 11.3. The van der Waals surface area contributed by atoms with Gasteiger partial charge in [0.15, 0.2) is 5.78 Å². The van der Waals surface area contributed by atoms with Crippen LogP contribution in [0.15, 0.2) is 6.07 Å². The maximum absolute atomic E-state index is 13.0. The van der Waals surface area contributed by atoms with Crippen LogP contribution in [0.3, 0.4) is 0 Å². The standard InChI is InChI=1S/C12H13F3O3/c1-6-5-8(17-3)10(12(13,14)15)11(18-4)9(6)7(2)16/h5H,1-4H3. The third-order valence-electron chi connectivity index (χ3n) is 2.50. The van der Waals surface area contributed by atoms with Gasteiger partial charge in [0.05, 0.1) is 19.8 Å². The van der Waals surface area contributed by atoms with Gasteiger partial charge in [-0.1, -0.05) is 0 Å². The van der Waals surface area contributed by atoms with Gasteiger partial charge in [-0.2, -0.15) is 13.2 Å². The summed E-state index contributed by atoms with van der Waals surface area (Å²) in [6.45, 7) is 2.72. The Morgan fingerprint density at radius 3 is 2.11 bits per heavy atom. The van der Waals surface area contributed by atoms with Gasteiger partial charge in [0.2, 0.25) is 0 Å². The van der Waals surface area contributed by atoms with Crippen molar-refractivity contribution < 1.29 is 27.4 Å². The summed E-state index contributed by atoms with van der Waals surface area (Å²) in [6, 6.07) is 1.18. The van der Waals surface area contributed by atoms with Gasteiger partial charge in [-0.05, 0) is 25.5 Å². The van der Waals surface area contributed by atoms with Crippen molar-refractivity contribution in [2.45, 2.75) is 20.0 Å². The van der Waals surface area contributed by atoms with E-state index in [1.165, 1.54) is 19.9 Å². The van der Waals surface area contributed by atoms with Crippen LogP contribution in [0.4, 0.5) is 13.2 Å². The van der Waals surface area contributed by atoms with Crippen molar-refractivity contribution in [3.63, 3.8) is 0 Å². The molecule has 0 heterocycles. The van der Waals surface area contributed by atoms with Gasteiger partial charge in [-0.3, -0.25) is 4.79 Å². The fraction of sp³-hybridized carbons (Fsp3) is 0.417. The third-order valence-corrected chi connectivity index (χ3v) is 2.50. The number of ether oxygens (including phenoxy) is 2. The summed E-state index contributed by atoms with van der Waals surface area (Å²) < 4.78 is 48.4. The predicted molar refractivity (Wildman–Crippen MR) is 59.3 cm³/mol. The van der Waals surface area contributed by atoms with Crippen LogP contribution in [-0.2, 0) is 6.18 Å². The number of hydrogen-bond acceptors (Lipinski definition) is 3. The maximum Gasteiger partial charge on any atom is 0.423 e. The van der Waals surface area contributed by atoms with E-state index in [-0.39, 0.29) is 11.3 Å². The molecule has 1 rings (SSSR count). The molecule has 18 heavy (non-hydrogen) atoms. The molecule has 0 aromatic heterocycles. The van der Waals surface area contributed by atoms with Crippen molar-refractivity contribution in [2.24, 2.45) is 0 Å².